The van der Waals surface area contributed by atoms with Gasteiger partial charge in [-0.15, -0.1) is 12.4 Å². The van der Waals surface area contributed by atoms with Crippen molar-refractivity contribution in [1.82, 2.24) is 14.9 Å². The number of nitrogen functional groups attached to an aromatic ring is 1. The quantitative estimate of drug-likeness (QED) is 0.702. The summed E-state index contributed by atoms with van der Waals surface area (Å²) in [7, 11) is -3.72. The lowest BCUT2D eigenvalue weighted by atomic mass is 9.90. The molecule has 1 aliphatic heterocycles. The summed E-state index contributed by atoms with van der Waals surface area (Å²) in [5, 5.41) is 6.68. The number of benzene rings is 1. The number of nitrogens with zero attached hydrogens (tertiary/aromatic N) is 1. The molecule has 0 radical (unpaired) electrons. The number of aromatic amines is 1. The number of aromatic nitrogens is 2. The maximum absolute atomic E-state index is 12.9. The number of hydrogen-bond acceptors (Lipinski definition) is 5. The molecule has 1 unspecified atom stereocenters. The maximum atomic E-state index is 12.9. The molecule has 2 aromatic rings. The number of sulfonamides is 1. The number of fused-ring (bicyclic) bond motifs is 1. The minimum absolute atomic E-state index is 0. The number of H-pyrrole nitrogens is 1. The van der Waals surface area contributed by atoms with Crippen LogP contribution in [0.2, 0.25) is 0 Å². The zero-order valence-electron chi connectivity index (χ0n) is 14.6. The largest absolute Gasteiger partial charge is 0.487 e. The third-order valence-electron chi connectivity index (χ3n) is 4.12. The Hall–Kier alpha value is -1.77. The number of hydrogen-bond donors (Lipinski definition) is 3. The zero-order chi connectivity index (χ0) is 17.7. The van der Waals surface area contributed by atoms with E-state index in [0.29, 0.717) is 29.2 Å². The Morgan fingerprint density at radius 3 is 2.64 bits per heavy atom. The van der Waals surface area contributed by atoms with Crippen molar-refractivity contribution in [3.63, 3.8) is 0 Å². The van der Waals surface area contributed by atoms with Crippen molar-refractivity contribution in [2.24, 2.45) is 0 Å². The lowest BCUT2D eigenvalue weighted by Crippen LogP contribution is -2.41. The fourth-order valence-corrected chi connectivity index (χ4v) is 4.75. The van der Waals surface area contributed by atoms with Gasteiger partial charge in [-0.3, -0.25) is 5.10 Å². The van der Waals surface area contributed by atoms with Gasteiger partial charge in [0.05, 0.1) is 17.4 Å². The summed E-state index contributed by atoms with van der Waals surface area (Å²) >= 11 is 0. The van der Waals surface area contributed by atoms with Gasteiger partial charge >= 0.3 is 0 Å². The molecule has 0 bridgehead atoms. The summed E-state index contributed by atoms with van der Waals surface area (Å²) in [6, 6.07) is 4.86. The molecule has 0 saturated carbocycles. The van der Waals surface area contributed by atoms with Gasteiger partial charge in [0.2, 0.25) is 10.0 Å². The maximum Gasteiger partial charge on any atom is 0.244 e. The third-order valence-corrected chi connectivity index (χ3v) is 5.85. The highest BCUT2D eigenvalue weighted by atomic mass is 35.5. The van der Waals surface area contributed by atoms with E-state index in [0.717, 1.165) is 5.56 Å². The summed E-state index contributed by atoms with van der Waals surface area (Å²) in [5.41, 5.74) is 7.65. The van der Waals surface area contributed by atoms with Gasteiger partial charge in [-0.05, 0) is 45.9 Å². The van der Waals surface area contributed by atoms with Crippen LogP contribution in [0.3, 0.4) is 0 Å². The fraction of sp³-hybridized carbons (Fsp3) is 0.438. The van der Waals surface area contributed by atoms with E-state index in [1.54, 1.807) is 32.0 Å². The fourth-order valence-electron chi connectivity index (χ4n) is 3.16. The van der Waals surface area contributed by atoms with E-state index in [-0.39, 0.29) is 17.3 Å². The molecule has 0 aliphatic carbocycles. The highest BCUT2D eigenvalue weighted by Gasteiger charge is 2.37. The van der Waals surface area contributed by atoms with Crippen molar-refractivity contribution in [2.75, 3.05) is 5.73 Å². The second kappa shape index (κ2) is 6.51. The van der Waals surface area contributed by atoms with Gasteiger partial charge in [0.25, 0.3) is 0 Å². The minimum Gasteiger partial charge on any atom is -0.487 e. The SMILES string of the molecule is Cc1n[nH]c(C)c1S(=O)(=O)NC1CC(C)(C)Oc2ccc(N)cc21.Cl. The van der Waals surface area contributed by atoms with Gasteiger partial charge in [0.15, 0.2) is 0 Å². The van der Waals surface area contributed by atoms with Gasteiger partial charge in [-0.1, -0.05) is 0 Å². The number of halogens is 1. The normalized spacial score (nSPS) is 18.8. The second-order valence-electron chi connectivity index (χ2n) is 6.80. The summed E-state index contributed by atoms with van der Waals surface area (Å²) in [5.74, 6) is 0.647. The van der Waals surface area contributed by atoms with E-state index in [1.807, 2.05) is 13.8 Å². The van der Waals surface area contributed by atoms with Crippen molar-refractivity contribution >= 4 is 28.1 Å². The number of anilines is 1. The molecule has 1 aliphatic rings. The highest BCUT2D eigenvalue weighted by Crippen LogP contribution is 2.41. The van der Waals surface area contributed by atoms with E-state index in [2.05, 4.69) is 14.9 Å². The van der Waals surface area contributed by atoms with Crippen molar-refractivity contribution in [3.8, 4) is 5.75 Å². The number of nitrogens with two attached hydrogens (primary N) is 1. The Kier molecular flexibility index (Phi) is 5.09. The van der Waals surface area contributed by atoms with Crippen LogP contribution < -0.4 is 15.2 Å². The molecular formula is C16H23ClN4O3S. The number of nitrogens with one attached hydrogen (secondary N) is 2. The second-order valence-corrected chi connectivity index (χ2v) is 8.45. The molecule has 0 saturated heterocycles. The lowest BCUT2D eigenvalue weighted by Gasteiger charge is -2.37. The Morgan fingerprint density at radius 1 is 1.36 bits per heavy atom. The molecule has 0 fully saturated rings. The van der Waals surface area contributed by atoms with Crippen LogP contribution in [-0.2, 0) is 10.0 Å². The van der Waals surface area contributed by atoms with Crippen LogP contribution in [0.15, 0.2) is 23.1 Å². The minimum atomic E-state index is -3.72. The van der Waals surface area contributed by atoms with Crippen LogP contribution in [-0.4, -0.2) is 24.2 Å². The van der Waals surface area contributed by atoms with Crippen LogP contribution in [0.4, 0.5) is 5.69 Å². The molecule has 2 heterocycles. The first-order valence-corrected chi connectivity index (χ1v) is 9.20. The molecule has 7 nitrogen and oxygen atoms in total. The summed E-state index contributed by atoms with van der Waals surface area (Å²) < 4.78 is 34.5. The number of aryl methyl sites for hydroxylation is 2. The van der Waals surface area contributed by atoms with Gasteiger partial charge in [0.1, 0.15) is 16.2 Å². The van der Waals surface area contributed by atoms with Gasteiger partial charge in [-0.2, -0.15) is 5.10 Å². The summed E-state index contributed by atoms with van der Waals surface area (Å²) in [6.07, 6.45) is 0.499. The molecule has 3 rings (SSSR count). The lowest BCUT2D eigenvalue weighted by molar-refractivity contribution is 0.0702. The first-order valence-electron chi connectivity index (χ1n) is 7.71. The van der Waals surface area contributed by atoms with E-state index in [1.165, 1.54) is 0 Å². The topological polar surface area (TPSA) is 110 Å². The van der Waals surface area contributed by atoms with Crippen LogP contribution in [0.25, 0.3) is 0 Å². The molecular weight excluding hydrogens is 364 g/mol. The van der Waals surface area contributed by atoms with Gasteiger partial charge in [0, 0.05) is 17.7 Å². The molecule has 1 aromatic heterocycles. The summed E-state index contributed by atoms with van der Waals surface area (Å²) in [6.45, 7) is 7.22. The van der Waals surface area contributed by atoms with Crippen molar-refractivity contribution in [3.05, 3.63) is 35.2 Å². The molecule has 0 spiro atoms. The van der Waals surface area contributed by atoms with Crippen molar-refractivity contribution in [2.45, 2.75) is 50.7 Å². The first-order chi connectivity index (χ1) is 11.1. The predicted molar refractivity (Wildman–Crippen MR) is 98.6 cm³/mol. The van der Waals surface area contributed by atoms with Crippen LogP contribution in [0.5, 0.6) is 5.75 Å². The van der Waals surface area contributed by atoms with E-state index in [4.69, 9.17) is 10.5 Å². The predicted octanol–water partition coefficient (Wildman–Crippen LogP) is 2.61. The average molecular weight is 387 g/mol. The van der Waals surface area contributed by atoms with Crippen molar-refractivity contribution in [1.29, 1.82) is 0 Å². The molecule has 138 valence electrons. The molecule has 9 heteroatoms. The standard InChI is InChI=1S/C16H22N4O3S.ClH/c1-9-15(10(2)19-18-9)24(21,22)20-13-8-16(3,4)23-14-6-5-11(17)7-12(13)14;/h5-7,13,20H,8,17H2,1-4H3,(H,18,19);1H. The Labute approximate surface area is 153 Å². The van der Waals surface area contributed by atoms with E-state index < -0.39 is 21.7 Å². The molecule has 25 heavy (non-hydrogen) atoms. The highest BCUT2D eigenvalue weighted by molar-refractivity contribution is 7.89. The smallest absolute Gasteiger partial charge is 0.244 e. The Bertz CT molecular complexity index is 873. The van der Waals surface area contributed by atoms with Crippen LogP contribution in [0.1, 0.15) is 43.3 Å². The van der Waals surface area contributed by atoms with E-state index >= 15 is 0 Å². The van der Waals surface area contributed by atoms with Crippen LogP contribution in [0, 0.1) is 13.8 Å². The molecule has 1 aromatic carbocycles. The van der Waals surface area contributed by atoms with E-state index in [9.17, 15) is 8.42 Å². The Morgan fingerprint density at radius 2 is 2.04 bits per heavy atom. The number of ether oxygens (including phenoxy) is 1. The Balaban J connectivity index is 0.00000225. The number of rotatable bonds is 3. The molecule has 4 N–H and O–H groups in total. The molecule has 1 atom stereocenters. The average Bonchev–Trinajstić information content (AvgIpc) is 2.78. The van der Waals surface area contributed by atoms with Gasteiger partial charge < -0.3 is 10.5 Å². The van der Waals surface area contributed by atoms with Gasteiger partial charge in [-0.25, -0.2) is 13.1 Å². The van der Waals surface area contributed by atoms with Crippen LogP contribution >= 0.6 is 12.4 Å². The van der Waals surface area contributed by atoms with Crippen molar-refractivity contribution < 1.29 is 13.2 Å². The molecule has 0 amide bonds. The zero-order valence-corrected chi connectivity index (χ0v) is 16.2. The first kappa shape index (κ1) is 19.6. The monoisotopic (exact) mass is 386 g/mol. The third kappa shape index (κ3) is 3.75. The summed E-state index contributed by atoms with van der Waals surface area (Å²) in [4.78, 5) is 0.192.